The van der Waals surface area contributed by atoms with E-state index >= 15 is 0 Å². The van der Waals surface area contributed by atoms with Crippen LogP contribution < -0.4 is 4.74 Å². The SMILES string of the molecule is COC(=O)/C(=C/c1ccc(Br)cc1)Oc1ccc(Br)cc1. The smallest absolute Gasteiger partial charge is 0.373 e. The lowest BCUT2D eigenvalue weighted by atomic mass is 10.2. The van der Waals surface area contributed by atoms with E-state index in [1.54, 1.807) is 18.2 Å². The fourth-order valence-corrected chi connectivity index (χ4v) is 2.10. The Hall–Kier alpha value is -1.59. The van der Waals surface area contributed by atoms with Crippen LogP contribution in [0.4, 0.5) is 0 Å². The predicted molar refractivity (Wildman–Crippen MR) is 88.9 cm³/mol. The highest BCUT2D eigenvalue weighted by atomic mass is 79.9. The van der Waals surface area contributed by atoms with Gasteiger partial charge in [-0.2, -0.15) is 0 Å². The van der Waals surface area contributed by atoms with E-state index in [0.717, 1.165) is 14.5 Å². The monoisotopic (exact) mass is 410 g/mol. The summed E-state index contributed by atoms with van der Waals surface area (Å²) in [7, 11) is 1.32. The van der Waals surface area contributed by atoms with E-state index in [4.69, 9.17) is 9.47 Å². The summed E-state index contributed by atoms with van der Waals surface area (Å²) in [5, 5.41) is 0. The van der Waals surface area contributed by atoms with E-state index in [0.29, 0.717) is 5.75 Å². The lowest BCUT2D eigenvalue weighted by Gasteiger charge is -2.08. The second-order valence-corrected chi connectivity index (χ2v) is 5.94. The fourth-order valence-electron chi connectivity index (χ4n) is 1.57. The number of rotatable bonds is 4. The Morgan fingerprint density at radius 2 is 1.48 bits per heavy atom. The standard InChI is InChI=1S/C16H12Br2O3/c1-20-16(19)15(10-11-2-4-12(17)5-3-11)21-14-8-6-13(18)7-9-14/h2-10H,1H3/b15-10-. The molecule has 0 saturated heterocycles. The number of hydrogen-bond acceptors (Lipinski definition) is 3. The van der Waals surface area contributed by atoms with Gasteiger partial charge in [0.05, 0.1) is 7.11 Å². The Morgan fingerprint density at radius 1 is 0.952 bits per heavy atom. The normalized spacial score (nSPS) is 11.1. The molecule has 2 rings (SSSR count). The number of benzene rings is 2. The molecule has 21 heavy (non-hydrogen) atoms. The van der Waals surface area contributed by atoms with Crippen LogP contribution in [-0.2, 0) is 9.53 Å². The molecule has 0 bridgehead atoms. The third-order valence-corrected chi connectivity index (χ3v) is 3.65. The molecule has 0 unspecified atom stereocenters. The van der Waals surface area contributed by atoms with Gasteiger partial charge >= 0.3 is 5.97 Å². The summed E-state index contributed by atoms with van der Waals surface area (Å²) in [5.41, 5.74) is 0.843. The molecule has 0 N–H and O–H groups in total. The van der Waals surface area contributed by atoms with Gasteiger partial charge in [-0.1, -0.05) is 44.0 Å². The number of halogens is 2. The molecular formula is C16H12Br2O3. The van der Waals surface area contributed by atoms with Gasteiger partial charge in [-0.3, -0.25) is 0 Å². The van der Waals surface area contributed by atoms with Gasteiger partial charge in [-0.05, 0) is 48.0 Å². The van der Waals surface area contributed by atoms with E-state index in [1.165, 1.54) is 7.11 Å². The minimum absolute atomic E-state index is 0.127. The molecular weight excluding hydrogens is 400 g/mol. The van der Waals surface area contributed by atoms with Gasteiger partial charge < -0.3 is 9.47 Å². The zero-order valence-electron chi connectivity index (χ0n) is 11.2. The Morgan fingerprint density at radius 3 is 2.00 bits per heavy atom. The average Bonchev–Trinajstić information content (AvgIpc) is 2.50. The van der Waals surface area contributed by atoms with E-state index in [-0.39, 0.29) is 5.76 Å². The van der Waals surface area contributed by atoms with E-state index < -0.39 is 5.97 Å². The molecule has 2 aromatic carbocycles. The Bertz CT molecular complexity index is 646. The van der Waals surface area contributed by atoms with Crippen LogP contribution in [0, 0.1) is 0 Å². The molecule has 0 atom stereocenters. The Labute approximate surface area is 139 Å². The molecule has 0 aliphatic heterocycles. The first-order valence-electron chi connectivity index (χ1n) is 6.07. The third kappa shape index (κ3) is 4.72. The van der Waals surface area contributed by atoms with Gasteiger partial charge in [-0.25, -0.2) is 4.79 Å². The van der Waals surface area contributed by atoms with Crippen molar-refractivity contribution in [2.75, 3.05) is 7.11 Å². The van der Waals surface area contributed by atoms with Crippen LogP contribution in [0.15, 0.2) is 63.2 Å². The van der Waals surface area contributed by atoms with Crippen molar-refractivity contribution >= 4 is 43.9 Å². The van der Waals surface area contributed by atoms with Crippen molar-refractivity contribution in [3.63, 3.8) is 0 Å². The molecule has 0 aliphatic carbocycles. The maximum atomic E-state index is 11.8. The van der Waals surface area contributed by atoms with Crippen molar-refractivity contribution in [1.82, 2.24) is 0 Å². The van der Waals surface area contributed by atoms with Crippen LogP contribution in [0.3, 0.4) is 0 Å². The zero-order valence-corrected chi connectivity index (χ0v) is 14.3. The van der Waals surface area contributed by atoms with Crippen LogP contribution in [0.2, 0.25) is 0 Å². The van der Waals surface area contributed by atoms with E-state index in [9.17, 15) is 4.79 Å². The second kappa shape index (κ2) is 7.43. The summed E-state index contributed by atoms with van der Waals surface area (Å²) in [6, 6.07) is 14.7. The molecule has 0 aromatic heterocycles. The topological polar surface area (TPSA) is 35.5 Å². The van der Waals surface area contributed by atoms with Crippen molar-refractivity contribution in [2.45, 2.75) is 0 Å². The molecule has 2 aromatic rings. The first-order valence-corrected chi connectivity index (χ1v) is 7.66. The minimum Gasteiger partial charge on any atom is -0.463 e. The molecule has 0 radical (unpaired) electrons. The van der Waals surface area contributed by atoms with Gasteiger partial charge in [0, 0.05) is 8.95 Å². The van der Waals surface area contributed by atoms with Crippen LogP contribution in [0.25, 0.3) is 6.08 Å². The van der Waals surface area contributed by atoms with Gasteiger partial charge in [0.1, 0.15) is 5.75 Å². The van der Waals surface area contributed by atoms with Crippen LogP contribution in [-0.4, -0.2) is 13.1 Å². The third-order valence-electron chi connectivity index (χ3n) is 2.60. The van der Waals surface area contributed by atoms with Crippen molar-refractivity contribution in [2.24, 2.45) is 0 Å². The molecule has 0 fully saturated rings. The number of ether oxygens (including phenoxy) is 2. The van der Waals surface area contributed by atoms with Crippen LogP contribution in [0.1, 0.15) is 5.56 Å². The van der Waals surface area contributed by atoms with Crippen molar-refractivity contribution in [1.29, 1.82) is 0 Å². The van der Waals surface area contributed by atoms with Crippen molar-refractivity contribution < 1.29 is 14.3 Å². The maximum absolute atomic E-state index is 11.8. The Balaban J connectivity index is 2.27. The number of esters is 1. The van der Waals surface area contributed by atoms with Gasteiger partial charge in [0.2, 0.25) is 5.76 Å². The average molecular weight is 412 g/mol. The van der Waals surface area contributed by atoms with E-state index in [2.05, 4.69) is 31.9 Å². The summed E-state index contributed by atoms with van der Waals surface area (Å²) >= 11 is 6.72. The lowest BCUT2D eigenvalue weighted by molar-refractivity contribution is -0.138. The predicted octanol–water partition coefficient (Wildman–Crippen LogP) is 4.80. The summed E-state index contributed by atoms with van der Waals surface area (Å²) in [4.78, 5) is 11.8. The van der Waals surface area contributed by atoms with Crippen molar-refractivity contribution in [3.05, 3.63) is 68.8 Å². The molecule has 0 saturated carbocycles. The van der Waals surface area contributed by atoms with Crippen LogP contribution >= 0.6 is 31.9 Å². The Kier molecular flexibility index (Phi) is 5.59. The minimum atomic E-state index is -0.527. The second-order valence-electron chi connectivity index (χ2n) is 4.11. The highest BCUT2D eigenvalue weighted by Gasteiger charge is 2.12. The van der Waals surface area contributed by atoms with Crippen molar-refractivity contribution in [3.8, 4) is 5.75 Å². The van der Waals surface area contributed by atoms with Gasteiger partial charge in [-0.15, -0.1) is 0 Å². The molecule has 5 heteroatoms. The highest BCUT2D eigenvalue weighted by Crippen LogP contribution is 2.20. The van der Waals surface area contributed by atoms with E-state index in [1.807, 2.05) is 36.4 Å². The fraction of sp³-hybridized carbons (Fsp3) is 0.0625. The number of carbonyl (C=O) groups is 1. The maximum Gasteiger partial charge on any atom is 0.373 e. The van der Waals surface area contributed by atoms with Gasteiger partial charge in [0.15, 0.2) is 0 Å². The quantitative estimate of drug-likeness (QED) is 0.411. The molecule has 0 spiro atoms. The molecule has 0 amide bonds. The first kappa shape index (κ1) is 15.8. The summed E-state index contributed by atoms with van der Waals surface area (Å²) < 4.78 is 12.3. The lowest BCUT2D eigenvalue weighted by Crippen LogP contribution is -2.10. The summed E-state index contributed by atoms with van der Waals surface area (Å²) in [6.07, 6.45) is 1.64. The van der Waals surface area contributed by atoms with Crippen LogP contribution in [0.5, 0.6) is 5.75 Å². The number of methoxy groups -OCH3 is 1. The molecule has 3 nitrogen and oxygen atoms in total. The summed E-state index contributed by atoms with van der Waals surface area (Å²) in [6.45, 7) is 0. The number of hydrogen-bond donors (Lipinski definition) is 0. The zero-order chi connectivity index (χ0) is 15.2. The molecule has 0 heterocycles. The molecule has 108 valence electrons. The molecule has 0 aliphatic rings. The number of carbonyl (C=O) groups excluding carboxylic acids is 1. The summed E-state index contributed by atoms with van der Waals surface area (Å²) in [5.74, 6) is 0.162. The van der Waals surface area contributed by atoms with Gasteiger partial charge in [0.25, 0.3) is 0 Å². The highest BCUT2D eigenvalue weighted by molar-refractivity contribution is 9.10. The largest absolute Gasteiger partial charge is 0.463 e. The first-order chi connectivity index (χ1) is 10.1.